The lowest BCUT2D eigenvalue weighted by Crippen LogP contribution is -2.47. The Morgan fingerprint density at radius 3 is 3.05 bits per heavy atom. The van der Waals surface area contributed by atoms with Gasteiger partial charge in [0.1, 0.15) is 6.04 Å². The first-order valence-electron chi connectivity index (χ1n) is 6.67. The average Bonchev–Trinajstić information content (AvgIpc) is 2.44. The standard InChI is InChI=1S/C15H21N3O.ClH/c1-3-9-17-15(19)11(2)18-10-5-6-12-13(16)7-4-8-14(12)18;/h3-4,7-8,11H,1,5-6,9-10,16H2,2H3,(H,17,19);1H. The van der Waals surface area contributed by atoms with Crippen LogP contribution in [0.4, 0.5) is 11.4 Å². The van der Waals surface area contributed by atoms with E-state index in [-0.39, 0.29) is 24.4 Å². The van der Waals surface area contributed by atoms with Crippen LogP contribution in [-0.2, 0) is 11.2 Å². The van der Waals surface area contributed by atoms with Gasteiger partial charge in [-0.1, -0.05) is 12.1 Å². The van der Waals surface area contributed by atoms with Crippen LogP contribution >= 0.6 is 12.4 Å². The molecular formula is C15H22ClN3O. The Morgan fingerprint density at radius 1 is 1.60 bits per heavy atom. The number of carbonyl (C=O) groups excluding carboxylic acids is 1. The van der Waals surface area contributed by atoms with Crippen molar-refractivity contribution in [3.05, 3.63) is 36.4 Å². The third-order valence-corrected chi connectivity index (χ3v) is 3.59. The van der Waals surface area contributed by atoms with E-state index in [1.54, 1.807) is 6.08 Å². The minimum Gasteiger partial charge on any atom is -0.398 e. The Labute approximate surface area is 126 Å². The third-order valence-electron chi connectivity index (χ3n) is 3.59. The van der Waals surface area contributed by atoms with Gasteiger partial charge in [-0.2, -0.15) is 0 Å². The summed E-state index contributed by atoms with van der Waals surface area (Å²) in [6.45, 7) is 6.92. The van der Waals surface area contributed by atoms with Gasteiger partial charge in [0.25, 0.3) is 0 Å². The van der Waals surface area contributed by atoms with Crippen molar-refractivity contribution in [2.45, 2.75) is 25.8 Å². The van der Waals surface area contributed by atoms with Crippen molar-refractivity contribution in [2.75, 3.05) is 23.7 Å². The van der Waals surface area contributed by atoms with Gasteiger partial charge < -0.3 is 16.0 Å². The Hall–Kier alpha value is -1.68. The maximum atomic E-state index is 12.1. The highest BCUT2D eigenvalue weighted by Crippen LogP contribution is 2.32. The number of fused-ring (bicyclic) bond motifs is 1. The van der Waals surface area contributed by atoms with E-state index < -0.39 is 0 Å². The molecule has 0 aliphatic carbocycles. The third kappa shape index (κ3) is 3.25. The van der Waals surface area contributed by atoms with E-state index in [1.165, 1.54) is 0 Å². The molecule has 1 aliphatic heterocycles. The number of halogens is 1. The molecule has 0 bridgehead atoms. The van der Waals surface area contributed by atoms with Crippen molar-refractivity contribution in [3.8, 4) is 0 Å². The lowest BCUT2D eigenvalue weighted by molar-refractivity contribution is -0.121. The normalized spacial score (nSPS) is 14.8. The minimum absolute atomic E-state index is 0. The van der Waals surface area contributed by atoms with Gasteiger partial charge >= 0.3 is 0 Å². The molecule has 4 nitrogen and oxygen atoms in total. The Bertz CT molecular complexity index is 490. The van der Waals surface area contributed by atoms with Gasteiger partial charge in [-0.3, -0.25) is 4.79 Å². The van der Waals surface area contributed by atoms with Crippen LogP contribution < -0.4 is 16.0 Å². The summed E-state index contributed by atoms with van der Waals surface area (Å²) in [5.41, 5.74) is 9.09. The van der Waals surface area contributed by atoms with Crippen LogP contribution in [-0.4, -0.2) is 25.0 Å². The molecule has 0 saturated carbocycles. The molecular weight excluding hydrogens is 274 g/mol. The minimum atomic E-state index is -0.194. The molecule has 2 rings (SSSR count). The summed E-state index contributed by atoms with van der Waals surface area (Å²) >= 11 is 0. The van der Waals surface area contributed by atoms with Gasteiger partial charge in [0, 0.05) is 24.5 Å². The molecule has 1 aromatic rings. The van der Waals surface area contributed by atoms with Gasteiger partial charge in [-0.05, 0) is 37.5 Å². The number of nitrogens with one attached hydrogen (secondary N) is 1. The molecule has 1 aromatic carbocycles. The van der Waals surface area contributed by atoms with E-state index in [1.807, 2.05) is 25.1 Å². The SMILES string of the molecule is C=CCNC(=O)C(C)N1CCCc2c(N)cccc21.Cl. The van der Waals surface area contributed by atoms with Crippen LogP contribution in [0.2, 0.25) is 0 Å². The van der Waals surface area contributed by atoms with Crippen LogP contribution in [0.5, 0.6) is 0 Å². The van der Waals surface area contributed by atoms with Crippen LogP contribution in [0, 0.1) is 0 Å². The Morgan fingerprint density at radius 2 is 2.35 bits per heavy atom. The number of nitrogen functional groups attached to an aromatic ring is 1. The molecule has 1 aliphatic rings. The zero-order valence-corrected chi connectivity index (χ0v) is 12.6. The zero-order chi connectivity index (χ0) is 13.8. The fraction of sp³-hybridized carbons (Fsp3) is 0.400. The number of nitrogens with two attached hydrogens (primary N) is 1. The largest absolute Gasteiger partial charge is 0.398 e. The fourth-order valence-corrected chi connectivity index (χ4v) is 2.54. The van der Waals surface area contributed by atoms with E-state index in [0.717, 1.165) is 36.3 Å². The van der Waals surface area contributed by atoms with E-state index in [0.29, 0.717) is 6.54 Å². The van der Waals surface area contributed by atoms with E-state index in [2.05, 4.69) is 16.8 Å². The molecule has 0 fully saturated rings. The summed E-state index contributed by atoms with van der Waals surface area (Å²) in [6, 6.07) is 5.72. The van der Waals surface area contributed by atoms with E-state index >= 15 is 0 Å². The number of hydrogen-bond donors (Lipinski definition) is 2. The van der Waals surface area contributed by atoms with E-state index in [4.69, 9.17) is 5.73 Å². The maximum absolute atomic E-state index is 12.1. The van der Waals surface area contributed by atoms with Crippen LogP contribution in [0.3, 0.4) is 0 Å². The Balaban J connectivity index is 0.00000200. The number of hydrogen-bond acceptors (Lipinski definition) is 3. The molecule has 0 spiro atoms. The molecule has 1 unspecified atom stereocenters. The lowest BCUT2D eigenvalue weighted by Gasteiger charge is -2.35. The second-order valence-electron chi connectivity index (χ2n) is 4.85. The van der Waals surface area contributed by atoms with Crippen molar-refractivity contribution >= 4 is 29.7 Å². The summed E-state index contributed by atoms with van der Waals surface area (Å²) < 4.78 is 0. The second-order valence-corrected chi connectivity index (χ2v) is 4.85. The predicted octanol–water partition coefficient (Wildman–Crippen LogP) is 2.13. The number of amides is 1. The highest BCUT2D eigenvalue weighted by atomic mass is 35.5. The number of nitrogens with zero attached hydrogens (tertiary/aromatic N) is 1. The molecule has 0 saturated heterocycles. The number of benzene rings is 1. The molecule has 1 amide bonds. The number of anilines is 2. The van der Waals surface area contributed by atoms with Gasteiger partial charge in [0.05, 0.1) is 0 Å². The van der Waals surface area contributed by atoms with E-state index in [9.17, 15) is 4.79 Å². The van der Waals surface area contributed by atoms with Gasteiger partial charge in [0.15, 0.2) is 0 Å². The molecule has 20 heavy (non-hydrogen) atoms. The second kappa shape index (κ2) is 7.20. The summed E-state index contributed by atoms with van der Waals surface area (Å²) in [7, 11) is 0. The highest BCUT2D eigenvalue weighted by molar-refractivity contribution is 5.86. The summed E-state index contributed by atoms with van der Waals surface area (Å²) in [4.78, 5) is 14.2. The first kappa shape index (κ1) is 16.4. The molecule has 0 radical (unpaired) electrons. The van der Waals surface area contributed by atoms with Crippen molar-refractivity contribution in [2.24, 2.45) is 0 Å². The predicted molar refractivity (Wildman–Crippen MR) is 86.4 cm³/mol. The average molecular weight is 296 g/mol. The fourth-order valence-electron chi connectivity index (χ4n) is 2.54. The van der Waals surface area contributed by atoms with Crippen LogP contribution in [0.1, 0.15) is 18.9 Å². The van der Waals surface area contributed by atoms with Crippen molar-refractivity contribution in [1.82, 2.24) is 5.32 Å². The summed E-state index contributed by atoms with van der Waals surface area (Å²) in [5, 5.41) is 2.84. The molecule has 110 valence electrons. The van der Waals surface area contributed by atoms with Crippen molar-refractivity contribution in [1.29, 1.82) is 0 Å². The van der Waals surface area contributed by atoms with Crippen molar-refractivity contribution in [3.63, 3.8) is 0 Å². The quantitative estimate of drug-likeness (QED) is 0.661. The summed E-state index contributed by atoms with van der Waals surface area (Å²) in [6.07, 6.45) is 3.70. The van der Waals surface area contributed by atoms with Crippen LogP contribution in [0.25, 0.3) is 0 Å². The summed E-state index contributed by atoms with van der Waals surface area (Å²) in [5.74, 6) is 0.0233. The van der Waals surface area contributed by atoms with Crippen molar-refractivity contribution < 1.29 is 4.79 Å². The van der Waals surface area contributed by atoms with Gasteiger partial charge in [0.2, 0.25) is 5.91 Å². The van der Waals surface area contributed by atoms with Gasteiger partial charge in [-0.15, -0.1) is 19.0 Å². The first-order valence-corrected chi connectivity index (χ1v) is 6.67. The Kier molecular flexibility index (Phi) is 5.89. The van der Waals surface area contributed by atoms with Crippen LogP contribution in [0.15, 0.2) is 30.9 Å². The molecule has 0 aromatic heterocycles. The first-order chi connectivity index (χ1) is 9.15. The molecule has 1 heterocycles. The monoisotopic (exact) mass is 295 g/mol. The smallest absolute Gasteiger partial charge is 0.242 e. The molecule has 5 heteroatoms. The van der Waals surface area contributed by atoms with Gasteiger partial charge in [-0.25, -0.2) is 0 Å². The zero-order valence-electron chi connectivity index (χ0n) is 11.8. The molecule has 1 atom stereocenters. The lowest BCUT2D eigenvalue weighted by atomic mass is 9.98. The topological polar surface area (TPSA) is 58.4 Å². The molecule has 3 N–H and O–H groups in total. The highest BCUT2D eigenvalue weighted by Gasteiger charge is 2.26. The number of carbonyl (C=O) groups is 1. The number of rotatable bonds is 4. The maximum Gasteiger partial charge on any atom is 0.242 e.